The van der Waals surface area contributed by atoms with Crippen molar-refractivity contribution in [3.63, 3.8) is 0 Å². The molecule has 3 heterocycles. The number of nitrogens with zero attached hydrogens (tertiary/aromatic N) is 4. The second-order valence-electron chi connectivity index (χ2n) is 8.22. The SMILES string of the molecule is NC(=Nc1ccccc1)N1CCC(C(O)CC2c3ccccc3-c3cncn32)CC1. The van der Waals surface area contributed by atoms with E-state index < -0.39 is 0 Å². The van der Waals surface area contributed by atoms with Crippen LogP contribution in [0.1, 0.15) is 30.9 Å². The Hall–Kier alpha value is -3.12. The van der Waals surface area contributed by atoms with Crippen LogP contribution in [0.2, 0.25) is 0 Å². The van der Waals surface area contributed by atoms with Gasteiger partial charge in [-0.3, -0.25) is 0 Å². The number of fused-ring (bicyclic) bond motifs is 3. The average molecular weight is 402 g/mol. The number of hydrogen-bond donors (Lipinski definition) is 2. The first kappa shape index (κ1) is 18.9. The molecule has 6 heteroatoms. The Balaban J connectivity index is 1.23. The minimum Gasteiger partial charge on any atom is -0.393 e. The molecule has 2 aliphatic heterocycles. The van der Waals surface area contributed by atoms with Crippen LogP contribution < -0.4 is 5.73 Å². The Bertz CT molecular complexity index is 1040. The van der Waals surface area contributed by atoms with Crippen molar-refractivity contribution in [1.29, 1.82) is 0 Å². The quantitative estimate of drug-likeness (QED) is 0.517. The van der Waals surface area contributed by atoms with E-state index in [0.717, 1.165) is 37.3 Å². The van der Waals surface area contributed by atoms with E-state index in [1.807, 2.05) is 42.9 Å². The largest absolute Gasteiger partial charge is 0.393 e. The van der Waals surface area contributed by atoms with Crippen LogP contribution in [0.5, 0.6) is 0 Å². The number of nitrogens with two attached hydrogens (primary N) is 1. The number of aliphatic hydroxyl groups excluding tert-OH is 1. The summed E-state index contributed by atoms with van der Waals surface area (Å²) in [6, 6.07) is 18.4. The van der Waals surface area contributed by atoms with Gasteiger partial charge in [-0.2, -0.15) is 0 Å². The molecule has 0 spiro atoms. The van der Waals surface area contributed by atoms with Crippen LogP contribution in [-0.2, 0) is 0 Å². The van der Waals surface area contributed by atoms with Crippen molar-refractivity contribution in [3.05, 3.63) is 72.7 Å². The number of aliphatic hydroxyl groups is 1. The molecular formula is C24H27N5O. The third kappa shape index (κ3) is 3.48. The molecule has 0 aliphatic carbocycles. The summed E-state index contributed by atoms with van der Waals surface area (Å²) in [7, 11) is 0. The average Bonchev–Trinajstić information content (AvgIpc) is 3.37. The van der Waals surface area contributed by atoms with Gasteiger partial charge >= 0.3 is 0 Å². The Kier molecular flexibility index (Phi) is 5.01. The summed E-state index contributed by atoms with van der Waals surface area (Å²) in [4.78, 5) is 11.0. The zero-order chi connectivity index (χ0) is 20.5. The van der Waals surface area contributed by atoms with Crippen molar-refractivity contribution in [1.82, 2.24) is 14.5 Å². The van der Waals surface area contributed by atoms with Crippen LogP contribution in [0.25, 0.3) is 11.3 Å². The molecule has 1 aromatic heterocycles. The van der Waals surface area contributed by atoms with E-state index in [0.29, 0.717) is 12.4 Å². The highest BCUT2D eigenvalue weighted by Gasteiger charge is 2.33. The molecule has 2 atom stereocenters. The molecule has 3 aromatic rings. The van der Waals surface area contributed by atoms with E-state index in [1.54, 1.807) is 0 Å². The standard InChI is InChI=1S/C24H27N5O/c25-24(27-18-6-2-1-3-7-18)28-12-10-17(11-13-28)23(30)14-21-19-8-4-5-9-20(19)22-15-26-16-29(21)22/h1-9,15-17,21,23,30H,10-14H2,(H2,25,27). The number of likely N-dealkylation sites (tertiary alicyclic amines) is 1. The molecule has 0 radical (unpaired) electrons. The van der Waals surface area contributed by atoms with Crippen molar-refractivity contribution >= 4 is 11.6 Å². The first-order valence-corrected chi connectivity index (χ1v) is 10.6. The lowest BCUT2D eigenvalue weighted by Crippen LogP contribution is -2.44. The summed E-state index contributed by atoms with van der Waals surface area (Å²) in [6.45, 7) is 1.64. The zero-order valence-electron chi connectivity index (χ0n) is 16.9. The molecule has 6 nitrogen and oxygen atoms in total. The van der Waals surface area contributed by atoms with Crippen LogP contribution in [0.15, 0.2) is 72.1 Å². The number of piperidine rings is 1. The summed E-state index contributed by atoms with van der Waals surface area (Å²) in [5.74, 6) is 0.826. The molecule has 2 aromatic carbocycles. The molecule has 1 saturated heterocycles. The van der Waals surface area contributed by atoms with Crippen LogP contribution in [0.3, 0.4) is 0 Å². The molecule has 1 fully saturated rings. The van der Waals surface area contributed by atoms with Gasteiger partial charge in [0.05, 0.1) is 36.1 Å². The van der Waals surface area contributed by atoms with Gasteiger partial charge in [-0.1, -0.05) is 42.5 Å². The fraction of sp³-hybridized carbons (Fsp3) is 0.333. The van der Waals surface area contributed by atoms with Crippen molar-refractivity contribution < 1.29 is 5.11 Å². The first-order chi connectivity index (χ1) is 14.7. The molecular weight excluding hydrogens is 374 g/mol. The number of rotatable bonds is 4. The highest BCUT2D eigenvalue weighted by Crippen LogP contribution is 2.42. The van der Waals surface area contributed by atoms with Crippen molar-refractivity contribution in [3.8, 4) is 11.3 Å². The van der Waals surface area contributed by atoms with E-state index >= 15 is 0 Å². The van der Waals surface area contributed by atoms with Gasteiger partial charge in [0.15, 0.2) is 5.96 Å². The number of guanidine groups is 1. The predicted molar refractivity (Wildman–Crippen MR) is 118 cm³/mol. The lowest BCUT2D eigenvalue weighted by Gasteiger charge is -2.35. The number of imidazole rings is 1. The van der Waals surface area contributed by atoms with Gasteiger partial charge in [0.2, 0.25) is 0 Å². The van der Waals surface area contributed by atoms with Gasteiger partial charge in [-0.25, -0.2) is 9.98 Å². The third-order valence-corrected chi connectivity index (χ3v) is 6.47. The van der Waals surface area contributed by atoms with Crippen LogP contribution in [0.4, 0.5) is 5.69 Å². The normalized spacial score (nSPS) is 20.1. The summed E-state index contributed by atoms with van der Waals surface area (Å²) in [5.41, 5.74) is 10.8. The van der Waals surface area contributed by atoms with Crippen molar-refractivity contribution in [2.75, 3.05) is 13.1 Å². The first-order valence-electron chi connectivity index (χ1n) is 10.6. The second-order valence-corrected chi connectivity index (χ2v) is 8.22. The van der Waals surface area contributed by atoms with E-state index in [4.69, 9.17) is 5.73 Å². The highest BCUT2D eigenvalue weighted by atomic mass is 16.3. The summed E-state index contributed by atoms with van der Waals surface area (Å²) in [5, 5.41) is 11.1. The predicted octanol–water partition coefficient (Wildman–Crippen LogP) is 3.56. The number of aliphatic imine (C=N–C) groups is 1. The Labute approximate surface area is 176 Å². The number of hydrogen-bond acceptors (Lipinski definition) is 3. The Morgan fingerprint density at radius 2 is 1.83 bits per heavy atom. The fourth-order valence-corrected chi connectivity index (χ4v) is 4.81. The third-order valence-electron chi connectivity index (χ3n) is 6.47. The molecule has 154 valence electrons. The molecule has 5 rings (SSSR count). The number of para-hydroxylation sites is 1. The van der Waals surface area contributed by atoms with Gasteiger partial charge in [-0.05, 0) is 42.9 Å². The van der Waals surface area contributed by atoms with E-state index in [1.165, 1.54) is 11.1 Å². The summed E-state index contributed by atoms with van der Waals surface area (Å²) >= 11 is 0. The highest BCUT2D eigenvalue weighted by molar-refractivity contribution is 5.81. The number of aromatic nitrogens is 2. The van der Waals surface area contributed by atoms with Crippen LogP contribution in [0, 0.1) is 5.92 Å². The lowest BCUT2D eigenvalue weighted by molar-refractivity contribution is 0.0595. The maximum Gasteiger partial charge on any atom is 0.196 e. The van der Waals surface area contributed by atoms with Gasteiger partial charge in [-0.15, -0.1) is 0 Å². The Morgan fingerprint density at radius 1 is 1.10 bits per heavy atom. The van der Waals surface area contributed by atoms with Gasteiger partial charge in [0.1, 0.15) is 0 Å². The van der Waals surface area contributed by atoms with Crippen molar-refractivity contribution in [2.24, 2.45) is 16.6 Å². The van der Waals surface area contributed by atoms with E-state index in [9.17, 15) is 5.11 Å². The van der Waals surface area contributed by atoms with E-state index in [-0.39, 0.29) is 18.1 Å². The summed E-state index contributed by atoms with van der Waals surface area (Å²) < 4.78 is 2.20. The molecule has 2 aliphatic rings. The van der Waals surface area contributed by atoms with Crippen molar-refractivity contribution in [2.45, 2.75) is 31.4 Å². The maximum atomic E-state index is 11.1. The molecule has 30 heavy (non-hydrogen) atoms. The van der Waals surface area contributed by atoms with Gasteiger partial charge in [0.25, 0.3) is 0 Å². The molecule has 2 unspecified atom stereocenters. The smallest absolute Gasteiger partial charge is 0.196 e. The van der Waals surface area contributed by atoms with Gasteiger partial charge in [0, 0.05) is 18.7 Å². The maximum absolute atomic E-state index is 11.1. The fourth-order valence-electron chi connectivity index (χ4n) is 4.81. The molecule has 0 amide bonds. The Morgan fingerprint density at radius 3 is 2.63 bits per heavy atom. The summed E-state index contributed by atoms with van der Waals surface area (Å²) in [6.07, 6.45) is 5.98. The molecule has 0 saturated carbocycles. The van der Waals surface area contributed by atoms with Gasteiger partial charge < -0.3 is 20.3 Å². The molecule has 0 bridgehead atoms. The van der Waals surface area contributed by atoms with Crippen LogP contribution >= 0.6 is 0 Å². The topological polar surface area (TPSA) is 79.7 Å². The van der Waals surface area contributed by atoms with Crippen LogP contribution in [-0.4, -0.2) is 44.7 Å². The molecule has 3 N–H and O–H groups in total. The minimum absolute atomic E-state index is 0.149. The number of benzene rings is 2. The minimum atomic E-state index is -0.356. The zero-order valence-corrected chi connectivity index (χ0v) is 16.9. The monoisotopic (exact) mass is 401 g/mol. The van der Waals surface area contributed by atoms with E-state index in [2.05, 4.69) is 43.7 Å². The second kappa shape index (κ2) is 7.95. The lowest BCUT2D eigenvalue weighted by atomic mass is 9.86.